The number of aliphatic imine (C=N–C) groups is 1. The van der Waals surface area contributed by atoms with E-state index in [4.69, 9.17) is 0 Å². The van der Waals surface area contributed by atoms with Crippen molar-refractivity contribution >= 4 is 16.9 Å². The predicted octanol–water partition coefficient (Wildman–Crippen LogP) is 3.23. The Labute approximate surface area is 152 Å². The normalized spacial score (nSPS) is 11.7. The van der Waals surface area contributed by atoms with Crippen molar-refractivity contribution in [3.63, 3.8) is 0 Å². The van der Waals surface area contributed by atoms with E-state index < -0.39 is 5.82 Å². The maximum atomic E-state index is 13.4. The Morgan fingerprint density at radius 1 is 1.19 bits per heavy atom. The summed E-state index contributed by atoms with van der Waals surface area (Å²) in [7, 11) is 1.70. The van der Waals surface area contributed by atoms with Gasteiger partial charge in [-0.05, 0) is 42.7 Å². The van der Waals surface area contributed by atoms with E-state index in [0.29, 0.717) is 12.5 Å². The van der Waals surface area contributed by atoms with Crippen molar-refractivity contribution in [2.24, 2.45) is 4.99 Å². The lowest BCUT2D eigenvalue weighted by atomic mass is 10.1. The monoisotopic (exact) mass is 354 g/mol. The highest BCUT2D eigenvalue weighted by atomic mass is 19.1. The third-order valence-electron chi connectivity index (χ3n) is 4.39. The largest absolute Gasteiger partial charge is 0.505 e. The molecule has 5 nitrogen and oxygen atoms in total. The Morgan fingerprint density at radius 3 is 2.77 bits per heavy atom. The number of para-hydroxylation sites is 1. The SMILES string of the molecule is CN=C(NCCc1c(C)[nH]c2ccccc12)NCc1ccc(O)c(F)c1. The van der Waals surface area contributed by atoms with Crippen LogP contribution in [0.25, 0.3) is 10.9 Å². The topological polar surface area (TPSA) is 72.4 Å². The van der Waals surface area contributed by atoms with Crippen LogP contribution in [0.2, 0.25) is 0 Å². The molecule has 0 fully saturated rings. The molecule has 0 unspecified atom stereocenters. The molecule has 0 bridgehead atoms. The minimum absolute atomic E-state index is 0.342. The van der Waals surface area contributed by atoms with Gasteiger partial charge in [-0.1, -0.05) is 24.3 Å². The van der Waals surface area contributed by atoms with E-state index in [0.717, 1.165) is 24.0 Å². The van der Waals surface area contributed by atoms with Crippen molar-refractivity contribution in [1.29, 1.82) is 0 Å². The summed E-state index contributed by atoms with van der Waals surface area (Å²) in [4.78, 5) is 7.60. The zero-order valence-corrected chi connectivity index (χ0v) is 14.9. The van der Waals surface area contributed by atoms with Crippen molar-refractivity contribution in [1.82, 2.24) is 15.6 Å². The molecule has 6 heteroatoms. The minimum Gasteiger partial charge on any atom is -0.505 e. The second kappa shape index (κ2) is 7.91. The van der Waals surface area contributed by atoms with Gasteiger partial charge < -0.3 is 20.7 Å². The molecule has 1 heterocycles. The zero-order chi connectivity index (χ0) is 18.5. The lowest BCUT2D eigenvalue weighted by Crippen LogP contribution is -2.37. The van der Waals surface area contributed by atoms with E-state index in [-0.39, 0.29) is 5.75 Å². The third kappa shape index (κ3) is 3.96. The molecule has 3 rings (SSSR count). The maximum absolute atomic E-state index is 13.4. The van der Waals surface area contributed by atoms with Gasteiger partial charge in [-0.15, -0.1) is 0 Å². The number of rotatable bonds is 5. The Morgan fingerprint density at radius 2 is 2.00 bits per heavy atom. The summed E-state index contributed by atoms with van der Waals surface area (Å²) in [6, 6.07) is 12.6. The van der Waals surface area contributed by atoms with E-state index in [2.05, 4.69) is 39.7 Å². The number of guanidine groups is 1. The summed E-state index contributed by atoms with van der Waals surface area (Å²) >= 11 is 0. The second-order valence-corrected chi connectivity index (χ2v) is 6.16. The highest BCUT2D eigenvalue weighted by molar-refractivity contribution is 5.84. The summed E-state index contributed by atoms with van der Waals surface area (Å²) in [6.45, 7) is 3.23. The number of benzene rings is 2. The molecule has 136 valence electrons. The molecule has 26 heavy (non-hydrogen) atoms. The number of H-pyrrole nitrogens is 1. The Hall–Kier alpha value is -3.02. The van der Waals surface area contributed by atoms with Gasteiger partial charge in [0, 0.05) is 36.7 Å². The summed E-state index contributed by atoms with van der Waals surface area (Å²) < 4.78 is 13.4. The quantitative estimate of drug-likeness (QED) is 0.420. The lowest BCUT2D eigenvalue weighted by Gasteiger charge is -2.12. The molecular formula is C20H23FN4O. The highest BCUT2D eigenvalue weighted by Gasteiger charge is 2.08. The molecule has 0 saturated carbocycles. The highest BCUT2D eigenvalue weighted by Crippen LogP contribution is 2.21. The van der Waals surface area contributed by atoms with Gasteiger partial charge in [-0.25, -0.2) is 4.39 Å². The van der Waals surface area contributed by atoms with Crippen LogP contribution in [-0.2, 0) is 13.0 Å². The van der Waals surface area contributed by atoms with E-state index in [9.17, 15) is 9.50 Å². The predicted molar refractivity (Wildman–Crippen MR) is 103 cm³/mol. The summed E-state index contributed by atoms with van der Waals surface area (Å²) in [5.41, 5.74) is 4.35. The molecule has 0 radical (unpaired) electrons. The van der Waals surface area contributed by atoms with Gasteiger partial charge in [0.2, 0.25) is 0 Å². The number of hydrogen-bond acceptors (Lipinski definition) is 2. The molecule has 4 N–H and O–H groups in total. The average Bonchev–Trinajstić information content (AvgIpc) is 2.96. The van der Waals surface area contributed by atoms with Crippen LogP contribution in [-0.4, -0.2) is 29.6 Å². The van der Waals surface area contributed by atoms with Gasteiger partial charge in [0.25, 0.3) is 0 Å². The first-order valence-electron chi connectivity index (χ1n) is 8.56. The van der Waals surface area contributed by atoms with Crippen LogP contribution < -0.4 is 10.6 Å². The molecule has 0 aliphatic carbocycles. The second-order valence-electron chi connectivity index (χ2n) is 6.16. The summed E-state index contributed by atoms with van der Waals surface area (Å²) in [6.07, 6.45) is 0.865. The third-order valence-corrected chi connectivity index (χ3v) is 4.39. The Bertz CT molecular complexity index is 933. The van der Waals surface area contributed by atoms with Crippen LogP contribution >= 0.6 is 0 Å². The van der Waals surface area contributed by atoms with Crippen molar-refractivity contribution in [3.8, 4) is 5.75 Å². The van der Waals surface area contributed by atoms with Gasteiger partial charge in [-0.2, -0.15) is 0 Å². The number of aromatic nitrogens is 1. The molecule has 0 aliphatic heterocycles. The average molecular weight is 354 g/mol. The molecule has 1 aromatic heterocycles. The van der Waals surface area contributed by atoms with Crippen molar-refractivity contribution in [2.75, 3.05) is 13.6 Å². The number of nitrogens with one attached hydrogen (secondary N) is 3. The molecular weight excluding hydrogens is 331 g/mol. The van der Waals surface area contributed by atoms with E-state index in [1.807, 2.05) is 12.1 Å². The van der Waals surface area contributed by atoms with Gasteiger partial charge in [0.15, 0.2) is 17.5 Å². The molecule has 0 atom stereocenters. The fourth-order valence-corrected chi connectivity index (χ4v) is 3.03. The van der Waals surface area contributed by atoms with Gasteiger partial charge >= 0.3 is 0 Å². The van der Waals surface area contributed by atoms with Gasteiger partial charge in [0.1, 0.15) is 0 Å². The van der Waals surface area contributed by atoms with Crippen molar-refractivity contribution in [2.45, 2.75) is 19.9 Å². The molecule has 3 aromatic rings. The zero-order valence-electron chi connectivity index (χ0n) is 14.9. The fraction of sp³-hybridized carbons (Fsp3) is 0.250. The molecule has 0 amide bonds. The molecule has 0 saturated heterocycles. The number of hydrogen-bond donors (Lipinski definition) is 4. The van der Waals surface area contributed by atoms with E-state index in [1.54, 1.807) is 13.1 Å². The van der Waals surface area contributed by atoms with Crippen LogP contribution in [0, 0.1) is 12.7 Å². The van der Waals surface area contributed by atoms with Gasteiger partial charge in [-0.3, -0.25) is 4.99 Å². The molecule has 0 aliphatic rings. The fourth-order valence-electron chi connectivity index (χ4n) is 3.03. The van der Waals surface area contributed by atoms with Crippen molar-refractivity contribution in [3.05, 3.63) is 65.1 Å². The number of aromatic hydroxyl groups is 1. The van der Waals surface area contributed by atoms with Crippen LogP contribution in [0.4, 0.5) is 4.39 Å². The minimum atomic E-state index is -0.623. The molecule has 0 spiro atoms. The first kappa shape index (κ1) is 17.8. The van der Waals surface area contributed by atoms with Crippen LogP contribution in [0.1, 0.15) is 16.8 Å². The number of halogens is 1. The number of aromatic amines is 1. The lowest BCUT2D eigenvalue weighted by molar-refractivity contribution is 0.431. The number of phenols is 1. The Balaban J connectivity index is 1.55. The smallest absolute Gasteiger partial charge is 0.191 e. The van der Waals surface area contributed by atoms with Crippen LogP contribution in [0.5, 0.6) is 5.75 Å². The standard InChI is InChI=1S/C20H23FN4O/c1-13-15(16-5-3-4-6-18(16)25-13)9-10-23-20(22-2)24-12-14-7-8-19(26)17(21)11-14/h3-8,11,25-26H,9-10,12H2,1-2H3,(H2,22,23,24). The number of nitrogens with zero attached hydrogens (tertiary/aromatic N) is 1. The number of phenolic OH excluding ortho intramolecular Hbond substituents is 1. The van der Waals surface area contributed by atoms with Crippen molar-refractivity contribution < 1.29 is 9.50 Å². The number of aryl methyl sites for hydroxylation is 1. The summed E-state index contributed by atoms with van der Waals surface area (Å²) in [5.74, 6) is -0.316. The van der Waals surface area contributed by atoms with E-state index in [1.165, 1.54) is 28.8 Å². The molecule has 2 aromatic carbocycles. The number of fused-ring (bicyclic) bond motifs is 1. The summed E-state index contributed by atoms with van der Waals surface area (Å²) in [5, 5.41) is 16.9. The maximum Gasteiger partial charge on any atom is 0.191 e. The first-order valence-corrected chi connectivity index (χ1v) is 8.56. The first-order chi connectivity index (χ1) is 12.6. The van der Waals surface area contributed by atoms with E-state index >= 15 is 0 Å². The van der Waals surface area contributed by atoms with Crippen LogP contribution in [0.3, 0.4) is 0 Å². The Kier molecular flexibility index (Phi) is 5.41. The van der Waals surface area contributed by atoms with Crippen LogP contribution in [0.15, 0.2) is 47.5 Å². The van der Waals surface area contributed by atoms with Gasteiger partial charge in [0.05, 0.1) is 0 Å².